The van der Waals surface area contributed by atoms with Crippen LogP contribution >= 0.6 is 0 Å². The Morgan fingerprint density at radius 3 is 0.796 bits per heavy atom. The molecule has 0 unspecified atom stereocenters. The molecule has 1 aliphatic carbocycles. The molecule has 0 aliphatic heterocycles. The number of hydrogen-bond donors (Lipinski definition) is 0. The van der Waals surface area contributed by atoms with E-state index in [1.807, 2.05) is 225 Å². The van der Waals surface area contributed by atoms with Gasteiger partial charge in [0.1, 0.15) is 16.7 Å². The van der Waals surface area contributed by atoms with E-state index in [1.54, 1.807) is 65.0 Å². The monoisotopic (exact) mass is 2570 g/mol. The van der Waals surface area contributed by atoms with E-state index in [-0.39, 0.29) is 86.0 Å². The summed E-state index contributed by atoms with van der Waals surface area (Å²) in [7, 11) is 0. The molecule has 0 saturated heterocycles. The summed E-state index contributed by atoms with van der Waals surface area (Å²) in [5.41, 5.74) is 34.4. The van der Waals surface area contributed by atoms with E-state index in [1.165, 1.54) is 75.5 Å². The number of hydrogen-bond acceptors (Lipinski definition) is 11. The summed E-state index contributed by atoms with van der Waals surface area (Å²) in [5.74, 6) is 0. The summed E-state index contributed by atoms with van der Waals surface area (Å²) >= 11 is 0. The average molecular weight is 2570 g/mol. The van der Waals surface area contributed by atoms with Gasteiger partial charge >= 0.3 is 0 Å². The fourth-order valence-electron chi connectivity index (χ4n) is 15.5. The smallest absolute Gasteiger partial charge is 0.123 e. The maximum atomic E-state index is 7.53. The Morgan fingerprint density at radius 2 is 0.493 bits per heavy atom. The van der Waals surface area contributed by atoms with Gasteiger partial charge in [-0.2, -0.15) is 0 Å². The first kappa shape index (κ1) is 85.8. The maximum absolute atomic E-state index is 7.53. The number of benzene rings is 12. The Balaban J connectivity index is 0.000000148. The van der Waals surface area contributed by atoms with Crippen molar-refractivity contribution >= 4 is 65.8 Å². The standard InChI is InChI=1S/C20H16N.C19H14NO.2C18H12NO.4C13H12N.4Ir/c1-13-9-20(21-12-14(13)2)16-7-8-19-17(11-16)10-15-5-3-4-6-18(15)19;1-12-9-17(20-11-13(12)2)14-7-8-16-15-5-3-4-6-18(15)21-19(16)10-14;2*1-12-8-9-19-16(10-12)13-6-7-15-14-4-2-3-5-17(14)20-18(15)11-13;4*1-10-8-13(14-9-11(10)2)12-6-4-3-5-7-12;;;;/h3-6,8-9,11-12H,10H2,1-2H3;3-6,8-11H,1-2H3;2*2-5,7-11H,1H3;4*3-6,8-9H,1-2H3;;;;/q8*-1;;;;/i;2D3;;;4*2D3;;;;. The quantitative estimate of drug-likeness (QED) is 0.134. The SMILES string of the molecule is Cc1ccnc(-c2[c-]cc3c(c2)oc2ccccc23)c1.Cc1ccnc(-c2[c-]cc3c(c2)oc2ccccc23)c1.Cc1cnc(-c2[c-]cc3c(c2)Cc2ccccc2-3)cc1C.[2H]C([2H])([2H])c1cnc(-c2[c-]cc3c(c2)oc2ccccc23)cc1C.[2H]C([2H])([2H])c1cnc(-c2[c-]cccc2)cc1C.[2H]C([2H])([2H])c1cnc(-c2[c-]cccc2)cc1C.[2H]C([2H])([2H])c1cnc(-c2[c-]cccc2)cc1C.[2H]C([2H])([2H])c1cnc(-c2[c-]cccc2)cc1C.[Ir].[Ir].[Ir].[Ir]. The van der Waals surface area contributed by atoms with Crippen molar-refractivity contribution in [3.8, 4) is 101 Å². The number of pyridine rings is 8. The maximum Gasteiger partial charge on any atom is 0.123 e. The first-order valence-electron chi connectivity index (χ1n) is 52.4. The molecule has 4 radical (unpaired) electrons. The van der Waals surface area contributed by atoms with Gasteiger partial charge in [0, 0.05) is 151 Å². The summed E-state index contributed by atoms with van der Waals surface area (Å²) in [6.07, 6.45) is 13.7. The second kappa shape index (κ2) is 49.3. The van der Waals surface area contributed by atoms with Gasteiger partial charge < -0.3 is 53.1 Å². The van der Waals surface area contributed by atoms with Crippen LogP contribution in [-0.2, 0) is 86.8 Å². The fraction of sp³-hybridized carbons (Fsp3) is 0.118. The van der Waals surface area contributed by atoms with Crippen LogP contribution in [0.15, 0.2) is 366 Å². The van der Waals surface area contributed by atoms with Gasteiger partial charge in [-0.3, -0.25) is 0 Å². The normalized spacial score (nSPS) is 12.6. The van der Waals surface area contributed by atoms with Crippen LogP contribution in [0.1, 0.15) is 110 Å². The minimum atomic E-state index is -2.15. The number of aromatic nitrogens is 8. The summed E-state index contributed by atoms with van der Waals surface area (Å²) in [6.45, 7) is 6.72. The first-order chi connectivity index (χ1) is 73.2. The van der Waals surface area contributed by atoms with Crippen LogP contribution in [0.5, 0.6) is 0 Å². The molecule has 11 nitrogen and oxygen atoms in total. The second-order valence-corrected chi connectivity index (χ2v) is 33.4. The number of rotatable bonds is 8. The zero-order chi connectivity index (χ0) is 108. The van der Waals surface area contributed by atoms with Gasteiger partial charge in [0.15, 0.2) is 0 Å². The minimum Gasteiger partial charge on any atom is -0.476 e. The van der Waals surface area contributed by atoms with Gasteiger partial charge in [0.2, 0.25) is 0 Å². The van der Waals surface area contributed by atoms with Crippen LogP contribution in [0.2, 0.25) is 0 Å². The fourth-order valence-corrected chi connectivity index (χ4v) is 15.5. The zero-order valence-corrected chi connectivity index (χ0v) is 88.4. The molecule has 142 heavy (non-hydrogen) atoms. The predicted molar refractivity (Wildman–Crippen MR) is 564 cm³/mol. The third kappa shape index (κ3) is 25.8. The molecule has 0 amide bonds. The van der Waals surface area contributed by atoms with Crippen molar-refractivity contribution < 1.29 is 114 Å². The second-order valence-electron chi connectivity index (χ2n) is 33.4. The van der Waals surface area contributed by atoms with E-state index in [0.29, 0.717) is 33.5 Å². The molecular formula is C127H102Ir4N8O3-8. The largest absolute Gasteiger partial charge is 0.476 e. The van der Waals surface area contributed by atoms with E-state index in [0.717, 1.165) is 179 Å². The van der Waals surface area contributed by atoms with Gasteiger partial charge in [0.05, 0.1) is 16.7 Å². The van der Waals surface area contributed by atoms with Crippen molar-refractivity contribution in [2.75, 3.05) is 0 Å². The summed E-state index contributed by atoms with van der Waals surface area (Å²) in [5, 5.41) is 6.50. The topological polar surface area (TPSA) is 143 Å². The number of para-hydroxylation sites is 3. The zero-order valence-electron chi connectivity index (χ0n) is 93.8. The molecule has 0 spiro atoms. The molecule has 12 aromatic carbocycles. The Labute approximate surface area is 907 Å². The van der Waals surface area contributed by atoms with Crippen LogP contribution in [0.3, 0.4) is 0 Å². The molecule has 23 aromatic rings. The summed E-state index contributed by atoms with van der Waals surface area (Å²) in [6, 6.07) is 123. The van der Waals surface area contributed by atoms with Crippen molar-refractivity contribution in [1.82, 2.24) is 39.9 Å². The van der Waals surface area contributed by atoms with Gasteiger partial charge in [0.25, 0.3) is 0 Å². The van der Waals surface area contributed by atoms with Crippen molar-refractivity contribution in [2.45, 2.75) is 103 Å². The number of nitrogens with zero attached hydrogens (tertiary/aromatic N) is 8. The molecule has 15 heteroatoms. The third-order valence-corrected chi connectivity index (χ3v) is 23.5. The van der Waals surface area contributed by atoms with Gasteiger partial charge in [-0.1, -0.05) is 217 Å². The van der Waals surface area contributed by atoms with Crippen molar-refractivity contribution in [3.05, 3.63) is 490 Å². The number of fused-ring (bicyclic) bond motifs is 12. The van der Waals surface area contributed by atoms with Crippen LogP contribution in [-0.4, -0.2) is 39.9 Å². The predicted octanol–water partition coefficient (Wildman–Crippen LogP) is 32.0. The molecule has 0 N–H and O–H groups in total. The van der Waals surface area contributed by atoms with Crippen LogP contribution in [0.4, 0.5) is 0 Å². The summed E-state index contributed by atoms with van der Waals surface area (Å²) < 4.78 is 129. The average Bonchev–Trinajstić information content (AvgIpc) is 1.64. The van der Waals surface area contributed by atoms with Gasteiger partial charge in [-0.15, -0.1) is 226 Å². The Hall–Kier alpha value is -14.2. The molecule has 0 fully saturated rings. The molecule has 0 saturated carbocycles. The Morgan fingerprint density at radius 1 is 0.218 bits per heavy atom. The number of aryl methyl sites for hydroxylation is 14. The molecule has 1 aliphatic rings. The third-order valence-electron chi connectivity index (χ3n) is 23.5. The van der Waals surface area contributed by atoms with E-state index in [2.05, 4.69) is 183 Å². The molecule has 24 rings (SSSR count). The van der Waals surface area contributed by atoms with E-state index in [9.17, 15) is 0 Å². The number of furan rings is 3. The van der Waals surface area contributed by atoms with Crippen LogP contribution < -0.4 is 0 Å². The van der Waals surface area contributed by atoms with E-state index >= 15 is 0 Å². The molecule has 11 heterocycles. The van der Waals surface area contributed by atoms with E-state index < -0.39 is 34.3 Å². The Bertz CT molecular complexity index is 8350. The van der Waals surface area contributed by atoms with Crippen LogP contribution in [0, 0.1) is 145 Å². The minimum absolute atomic E-state index is 0. The molecular weight excluding hydrogens is 2450 g/mol. The molecule has 0 bridgehead atoms. The molecule has 0 atom stereocenters. The molecule has 11 aromatic heterocycles. The van der Waals surface area contributed by atoms with Crippen molar-refractivity contribution in [2.24, 2.45) is 0 Å². The first-order valence-corrected chi connectivity index (χ1v) is 44.9. The van der Waals surface area contributed by atoms with Gasteiger partial charge in [-0.05, 0) is 234 Å². The van der Waals surface area contributed by atoms with Crippen molar-refractivity contribution in [3.63, 3.8) is 0 Å². The van der Waals surface area contributed by atoms with E-state index in [4.69, 9.17) is 33.8 Å². The van der Waals surface area contributed by atoms with Crippen molar-refractivity contribution in [1.29, 1.82) is 0 Å². The Kier molecular flexibility index (Phi) is 29.8. The summed E-state index contributed by atoms with van der Waals surface area (Å²) in [4.78, 5) is 34.4. The molecule has 712 valence electrons. The van der Waals surface area contributed by atoms with Gasteiger partial charge in [-0.25, -0.2) is 0 Å². The van der Waals surface area contributed by atoms with Crippen LogP contribution in [0.25, 0.3) is 167 Å².